The lowest BCUT2D eigenvalue weighted by Crippen LogP contribution is -2.19. The van der Waals surface area contributed by atoms with Crippen LogP contribution in [0.25, 0.3) is 0 Å². The van der Waals surface area contributed by atoms with Crippen molar-refractivity contribution in [3.8, 4) is 0 Å². The van der Waals surface area contributed by atoms with Gasteiger partial charge in [0.05, 0.1) is 12.0 Å². The van der Waals surface area contributed by atoms with Crippen molar-refractivity contribution < 1.29 is 4.74 Å². The predicted octanol–water partition coefficient (Wildman–Crippen LogP) is 1.98. The summed E-state index contributed by atoms with van der Waals surface area (Å²) in [5, 5.41) is 3.42. The number of hydrogen-bond acceptors (Lipinski definition) is 3. The molecule has 0 radical (unpaired) electrons. The average Bonchev–Trinajstić information content (AvgIpc) is 2.78. The minimum Gasteiger partial charge on any atom is -0.381 e. The first-order valence-corrected chi connectivity index (χ1v) is 6.56. The highest BCUT2D eigenvalue weighted by Crippen LogP contribution is 2.20. The maximum Gasteiger partial charge on any atom is 0.0952 e. The van der Waals surface area contributed by atoms with E-state index < -0.39 is 0 Å². The molecule has 0 bridgehead atoms. The molecule has 4 nitrogen and oxygen atoms in total. The summed E-state index contributed by atoms with van der Waals surface area (Å²) >= 11 is 0. The second kappa shape index (κ2) is 6.17. The number of imidazole rings is 1. The number of ether oxygens (including phenoxy) is 1. The third kappa shape index (κ3) is 3.82. The highest BCUT2D eigenvalue weighted by atomic mass is 16.5. The molecule has 96 valence electrons. The molecule has 2 heterocycles. The lowest BCUT2D eigenvalue weighted by atomic mass is 10.1. The van der Waals surface area contributed by atoms with Crippen LogP contribution in [0.2, 0.25) is 0 Å². The Labute approximate surface area is 103 Å². The Morgan fingerprint density at radius 3 is 2.94 bits per heavy atom. The molecule has 1 aliphatic rings. The molecule has 0 unspecified atom stereocenters. The first-order chi connectivity index (χ1) is 8.25. The van der Waals surface area contributed by atoms with Crippen molar-refractivity contribution in [3.05, 3.63) is 18.2 Å². The van der Waals surface area contributed by atoms with E-state index in [1.165, 1.54) is 0 Å². The van der Waals surface area contributed by atoms with Gasteiger partial charge < -0.3 is 14.6 Å². The maximum atomic E-state index is 5.37. The Morgan fingerprint density at radius 1 is 1.47 bits per heavy atom. The Hall–Kier alpha value is -0.870. The lowest BCUT2D eigenvalue weighted by molar-refractivity contribution is 0.0695. The van der Waals surface area contributed by atoms with Crippen LogP contribution in [0.1, 0.15) is 38.4 Å². The molecule has 0 spiro atoms. The summed E-state index contributed by atoms with van der Waals surface area (Å²) < 4.78 is 7.62. The van der Waals surface area contributed by atoms with E-state index in [1.807, 2.05) is 6.33 Å². The van der Waals surface area contributed by atoms with E-state index >= 15 is 0 Å². The van der Waals surface area contributed by atoms with E-state index in [2.05, 4.69) is 34.9 Å². The molecule has 4 heteroatoms. The van der Waals surface area contributed by atoms with Gasteiger partial charge in [-0.2, -0.15) is 0 Å². The highest BCUT2D eigenvalue weighted by Gasteiger charge is 2.15. The minimum atomic E-state index is 0.579. The zero-order chi connectivity index (χ0) is 12.1. The summed E-state index contributed by atoms with van der Waals surface area (Å²) in [6.07, 6.45) is 6.34. The molecule has 1 fully saturated rings. The standard InChI is InChI=1S/C13H23N3O/c1-11(2)7-14-8-12-9-16(10-15-12)13-3-5-17-6-4-13/h9-11,13-14H,3-8H2,1-2H3. The monoisotopic (exact) mass is 237 g/mol. The molecule has 1 aliphatic heterocycles. The van der Waals surface area contributed by atoms with Crippen LogP contribution in [0, 0.1) is 5.92 Å². The molecule has 0 amide bonds. The third-order valence-corrected chi connectivity index (χ3v) is 3.13. The molecule has 0 saturated carbocycles. The van der Waals surface area contributed by atoms with Gasteiger partial charge in [-0.05, 0) is 25.3 Å². The summed E-state index contributed by atoms with van der Waals surface area (Å²) in [5.74, 6) is 0.688. The normalized spacial score (nSPS) is 17.8. The van der Waals surface area contributed by atoms with Crippen LogP contribution >= 0.6 is 0 Å². The topological polar surface area (TPSA) is 39.1 Å². The minimum absolute atomic E-state index is 0.579. The first-order valence-electron chi connectivity index (χ1n) is 6.56. The van der Waals surface area contributed by atoms with Crippen molar-refractivity contribution in [1.82, 2.24) is 14.9 Å². The Morgan fingerprint density at radius 2 is 2.24 bits per heavy atom. The maximum absolute atomic E-state index is 5.37. The number of nitrogens with zero attached hydrogens (tertiary/aromatic N) is 2. The molecule has 1 saturated heterocycles. The van der Waals surface area contributed by atoms with Gasteiger partial charge in [-0.1, -0.05) is 13.8 Å². The van der Waals surface area contributed by atoms with Crippen LogP contribution in [0.3, 0.4) is 0 Å². The summed E-state index contributed by atoms with van der Waals surface area (Å²) in [5.41, 5.74) is 1.14. The van der Waals surface area contributed by atoms with Gasteiger partial charge >= 0.3 is 0 Å². The predicted molar refractivity (Wildman–Crippen MR) is 67.9 cm³/mol. The molecular weight excluding hydrogens is 214 g/mol. The van der Waals surface area contributed by atoms with Gasteiger partial charge in [0.1, 0.15) is 0 Å². The van der Waals surface area contributed by atoms with Crippen LogP contribution < -0.4 is 5.32 Å². The van der Waals surface area contributed by atoms with E-state index in [4.69, 9.17) is 4.74 Å². The number of rotatable bonds is 5. The molecule has 0 aliphatic carbocycles. The fourth-order valence-corrected chi connectivity index (χ4v) is 2.14. The first kappa shape index (κ1) is 12.6. The lowest BCUT2D eigenvalue weighted by Gasteiger charge is -2.22. The van der Waals surface area contributed by atoms with Crippen molar-refractivity contribution in [2.45, 2.75) is 39.3 Å². The van der Waals surface area contributed by atoms with E-state index in [0.29, 0.717) is 12.0 Å². The second-order valence-corrected chi connectivity index (χ2v) is 5.18. The van der Waals surface area contributed by atoms with Crippen LogP contribution in [0.5, 0.6) is 0 Å². The smallest absolute Gasteiger partial charge is 0.0952 e. The highest BCUT2D eigenvalue weighted by molar-refractivity contribution is 4.98. The van der Waals surface area contributed by atoms with Gasteiger partial charge in [0, 0.05) is 32.0 Å². The summed E-state index contributed by atoms with van der Waals surface area (Å²) in [7, 11) is 0. The summed E-state index contributed by atoms with van der Waals surface area (Å²) in [4.78, 5) is 4.45. The summed E-state index contributed by atoms with van der Waals surface area (Å²) in [6.45, 7) is 8.10. The van der Waals surface area contributed by atoms with E-state index in [0.717, 1.165) is 44.8 Å². The van der Waals surface area contributed by atoms with Crippen molar-refractivity contribution >= 4 is 0 Å². The Kier molecular flexibility index (Phi) is 4.57. The molecule has 1 aromatic heterocycles. The fourth-order valence-electron chi connectivity index (χ4n) is 2.14. The zero-order valence-corrected chi connectivity index (χ0v) is 10.9. The van der Waals surface area contributed by atoms with Gasteiger partial charge in [-0.25, -0.2) is 4.98 Å². The molecule has 1 aromatic rings. The summed E-state index contributed by atoms with van der Waals surface area (Å²) in [6, 6.07) is 0.579. The van der Waals surface area contributed by atoms with Crippen molar-refractivity contribution in [2.24, 2.45) is 5.92 Å². The Balaban J connectivity index is 1.82. The fraction of sp³-hybridized carbons (Fsp3) is 0.769. The van der Waals surface area contributed by atoms with Crippen LogP contribution in [-0.4, -0.2) is 29.3 Å². The largest absolute Gasteiger partial charge is 0.381 e. The van der Waals surface area contributed by atoms with Crippen molar-refractivity contribution in [3.63, 3.8) is 0 Å². The molecule has 2 rings (SSSR count). The van der Waals surface area contributed by atoms with Crippen LogP contribution in [-0.2, 0) is 11.3 Å². The van der Waals surface area contributed by atoms with Gasteiger partial charge in [0.25, 0.3) is 0 Å². The van der Waals surface area contributed by atoms with Crippen LogP contribution in [0.15, 0.2) is 12.5 Å². The van der Waals surface area contributed by atoms with E-state index in [-0.39, 0.29) is 0 Å². The van der Waals surface area contributed by atoms with E-state index in [9.17, 15) is 0 Å². The zero-order valence-electron chi connectivity index (χ0n) is 10.9. The molecule has 17 heavy (non-hydrogen) atoms. The van der Waals surface area contributed by atoms with Crippen molar-refractivity contribution in [1.29, 1.82) is 0 Å². The number of aromatic nitrogens is 2. The quantitative estimate of drug-likeness (QED) is 0.851. The SMILES string of the molecule is CC(C)CNCc1cn(C2CCOCC2)cn1. The third-order valence-electron chi connectivity index (χ3n) is 3.13. The van der Waals surface area contributed by atoms with Crippen LogP contribution in [0.4, 0.5) is 0 Å². The molecular formula is C13H23N3O. The van der Waals surface area contributed by atoms with Gasteiger partial charge in [0.2, 0.25) is 0 Å². The number of nitrogens with one attached hydrogen (secondary N) is 1. The van der Waals surface area contributed by atoms with Crippen molar-refractivity contribution in [2.75, 3.05) is 19.8 Å². The second-order valence-electron chi connectivity index (χ2n) is 5.18. The van der Waals surface area contributed by atoms with E-state index in [1.54, 1.807) is 0 Å². The average molecular weight is 237 g/mol. The van der Waals surface area contributed by atoms with Gasteiger partial charge in [-0.3, -0.25) is 0 Å². The van der Waals surface area contributed by atoms with Gasteiger partial charge in [0.15, 0.2) is 0 Å². The molecule has 0 aromatic carbocycles. The molecule has 0 atom stereocenters. The number of hydrogen-bond donors (Lipinski definition) is 1. The molecule has 1 N–H and O–H groups in total. The van der Waals surface area contributed by atoms with Gasteiger partial charge in [-0.15, -0.1) is 0 Å². The Bertz CT molecular complexity index is 329.